The van der Waals surface area contributed by atoms with Crippen LogP contribution in [0.5, 0.6) is 0 Å². The standard InChI is InChI=1S/C44H81NO8/c1-3-5-7-9-11-13-15-16-17-18-19-20-21-22-24-26-28-30-32-34-40(48)45-37(36-52-44-43(51)42(50)41(49)39(35-46)53-44)38(47)33-31-29-27-25-23-14-12-10-8-6-4-2/h8,10,23,25,31,33,37-39,41-44,46-47,49-51H,3-7,9,11-22,24,26-30,32,34-36H2,1-2H3,(H,45,48)/b10-8+,25-23+,33-31+. The van der Waals surface area contributed by atoms with Gasteiger partial charge < -0.3 is 40.3 Å². The Morgan fingerprint density at radius 2 is 1.08 bits per heavy atom. The van der Waals surface area contributed by atoms with Gasteiger partial charge in [-0.15, -0.1) is 0 Å². The molecule has 7 unspecified atom stereocenters. The molecule has 310 valence electrons. The Bertz CT molecular complexity index is 925. The van der Waals surface area contributed by atoms with E-state index in [0.29, 0.717) is 6.42 Å². The lowest BCUT2D eigenvalue weighted by molar-refractivity contribution is -0.302. The molecular formula is C44H81NO8. The minimum Gasteiger partial charge on any atom is -0.394 e. The molecule has 0 aliphatic carbocycles. The molecule has 1 fully saturated rings. The van der Waals surface area contributed by atoms with Crippen molar-refractivity contribution in [3.63, 3.8) is 0 Å². The number of nitrogens with one attached hydrogen (secondary N) is 1. The van der Waals surface area contributed by atoms with Gasteiger partial charge in [0.05, 0.1) is 25.4 Å². The van der Waals surface area contributed by atoms with E-state index in [9.17, 15) is 30.3 Å². The number of ether oxygens (including phenoxy) is 2. The van der Waals surface area contributed by atoms with Gasteiger partial charge in [-0.2, -0.15) is 0 Å². The van der Waals surface area contributed by atoms with E-state index < -0.39 is 49.5 Å². The Morgan fingerprint density at radius 3 is 1.55 bits per heavy atom. The predicted molar refractivity (Wildman–Crippen MR) is 216 cm³/mol. The average molecular weight is 752 g/mol. The van der Waals surface area contributed by atoms with Crippen LogP contribution in [-0.4, -0.2) is 87.5 Å². The van der Waals surface area contributed by atoms with Crippen molar-refractivity contribution < 1.29 is 39.8 Å². The fourth-order valence-electron chi connectivity index (χ4n) is 6.66. The molecule has 53 heavy (non-hydrogen) atoms. The smallest absolute Gasteiger partial charge is 0.220 e. The number of hydrogen-bond acceptors (Lipinski definition) is 8. The number of unbranched alkanes of at least 4 members (excludes halogenated alkanes) is 21. The molecular weight excluding hydrogens is 670 g/mol. The normalized spacial score (nSPS) is 22.0. The fraction of sp³-hybridized carbons (Fsp3) is 0.841. The second-order valence-electron chi connectivity index (χ2n) is 15.1. The maximum absolute atomic E-state index is 12.9. The number of carbonyl (C=O) groups excluding carboxylic acids is 1. The quantitative estimate of drug-likeness (QED) is 0.0279. The van der Waals surface area contributed by atoms with Crippen molar-refractivity contribution in [3.05, 3.63) is 36.5 Å². The zero-order valence-corrected chi connectivity index (χ0v) is 33.8. The summed E-state index contributed by atoms with van der Waals surface area (Å²) < 4.78 is 11.2. The Morgan fingerprint density at radius 1 is 0.623 bits per heavy atom. The Balaban J connectivity index is 2.35. The predicted octanol–water partition coefficient (Wildman–Crippen LogP) is 8.50. The van der Waals surface area contributed by atoms with Crippen LogP contribution in [0.2, 0.25) is 0 Å². The number of hydrogen-bond donors (Lipinski definition) is 6. The summed E-state index contributed by atoms with van der Waals surface area (Å²) in [6.07, 6.45) is 34.8. The van der Waals surface area contributed by atoms with Crippen LogP contribution >= 0.6 is 0 Å². The maximum Gasteiger partial charge on any atom is 0.220 e. The SMILES string of the molecule is CCC/C=C/CC/C=C/CC/C=C/C(O)C(COC1OC(CO)C(O)C(O)C1O)NC(=O)CCCCCCCCCCCCCCCCCCCCC. The highest BCUT2D eigenvalue weighted by molar-refractivity contribution is 5.76. The second-order valence-corrected chi connectivity index (χ2v) is 15.1. The largest absolute Gasteiger partial charge is 0.394 e. The van der Waals surface area contributed by atoms with Crippen LogP contribution in [0, 0.1) is 0 Å². The molecule has 0 saturated carbocycles. The van der Waals surface area contributed by atoms with E-state index in [1.807, 2.05) is 6.08 Å². The molecule has 1 rings (SSSR count). The number of aliphatic hydroxyl groups is 5. The van der Waals surface area contributed by atoms with Gasteiger partial charge in [0.2, 0.25) is 5.91 Å². The zero-order valence-electron chi connectivity index (χ0n) is 33.8. The van der Waals surface area contributed by atoms with E-state index in [2.05, 4.69) is 43.5 Å². The van der Waals surface area contributed by atoms with E-state index >= 15 is 0 Å². The van der Waals surface area contributed by atoms with Gasteiger partial charge in [0.15, 0.2) is 6.29 Å². The van der Waals surface area contributed by atoms with Crippen LogP contribution in [0.25, 0.3) is 0 Å². The monoisotopic (exact) mass is 752 g/mol. The lowest BCUT2D eigenvalue weighted by Gasteiger charge is -2.40. The Labute approximate surface area is 323 Å². The third kappa shape index (κ3) is 26.0. The molecule has 0 aromatic rings. The van der Waals surface area contributed by atoms with Crippen molar-refractivity contribution in [3.8, 4) is 0 Å². The molecule has 0 radical (unpaired) electrons. The van der Waals surface area contributed by atoms with E-state index in [1.165, 1.54) is 103 Å². The van der Waals surface area contributed by atoms with Gasteiger partial charge in [0.25, 0.3) is 0 Å². The van der Waals surface area contributed by atoms with Crippen molar-refractivity contribution >= 4 is 5.91 Å². The highest BCUT2D eigenvalue weighted by Crippen LogP contribution is 2.22. The van der Waals surface area contributed by atoms with Crippen LogP contribution in [0.1, 0.15) is 181 Å². The van der Waals surface area contributed by atoms with Crippen molar-refractivity contribution in [2.75, 3.05) is 13.2 Å². The third-order valence-electron chi connectivity index (χ3n) is 10.2. The molecule has 1 aliphatic heterocycles. The van der Waals surface area contributed by atoms with Crippen molar-refractivity contribution in [2.24, 2.45) is 0 Å². The van der Waals surface area contributed by atoms with Gasteiger partial charge in [0, 0.05) is 6.42 Å². The molecule has 7 atom stereocenters. The number of aliphatic hydroxyl groups excluding tert-OH is 5. The van der Waals surface area contributed by atoms with E-state index in [-0.39, 0.29) is 12.5 Å². The van der Waals surface area contributed by atoms with Crippen LogP contribution in [0.4, 0.5) is 0 Å². The number of carbonyl (C=O) groups is 1. The van der Waals surface area contributed by atoms with Crippen LogP contribution in [0.15, 0.2) is 36.5 Å². The molecule has 1 amide bonds. The molecule has 1 heterocycles. The van der Waals surface area contributed by atoms with Crippen molar-refractivity contribution in [1.29, 1.82) is 0 Å². The van der Waals surface area contributed by atoms with Crippen molar-refractivity contribution in [2.45, 2.75) is 224 Å². The van der Waals surface area contributed by atoms with E-state index in [4.69, 9.17) is 9.47 Å². The van der Waals surface area contributed by atoms with E-state index in [0.717, 1.165) is 57.8 Å². The summed E-state index contributed by atoms with van der Waals surface area (Å²) in [6.45, 7) is 3.67. The fourth-order valence-corrected chi connectivity index (χ4v) is 6.66. The van der Waals surface area contributed by atoms with Gasteiger partial charge in [-0.1, -0.05) is 172 Å². The Hall–Kier alpha value is -1.59. The molecule has 1 saturated heterocycles. The molecule has 9 heteroatoms. The van der Waals surface area contributed by atoms with E-state index in [1.54, 1.807) is 6.08 Å². The second kappa shape index (κ2) is 34.9. The lowest BCUT2D eigenvalue weighted by Crippen LogP contribution is -2.60. The molecule has 0 bridgehead atoms. The van der Waals surface area contributed by atoms with Crippen LogP contribution < -0.4 is 5.32 Å². The third-order valence-corrected chi connectivity index (χ3v) is 10.2. The Kier molecular flexibility index (Phi) is 32.5. The summed E-state index contributed by atoms with van der Waals surface area (Å²) in [6, 6.07) is -0.822. The number of allylic oxidation sites excluding steroid dienone is 5. The molecule has 0 spiro atoms. The first-order valence-corrected chi connectivity index (χ1v) is 21.7. The summed E-state index contributed by atoms with van der Waals surface area (Å²) in [5.74, 6) is -0.192. The lowest BCUT2D eigenvalue weighted by atomic mass is 9.99. The summed E-state index contributed by atoms with van der Waals surface area (Å²) in [5, 5.41) is 54.0. The van der Waals surface area contributed by atoms with Gasteiger partial charge in [-0.25, -0.2) is 0 Å². The summed E-state index contributed by atoms with van der Waals surface area (Å²) in [4.78, 5) is 12.9. The highest BCUT2D eigenvalue weighted by Gasteiger charge is 2.44. The first kappa shape index (κ1) is 49.4. The van der Waals surface area contributed by atoms with Gasteiger partial charge >= 0.3 is 0 Å². The van der Waals surface area contributed by atoms with Gasteiger partial charge in [-0.05, 0) is 38.5 Å². The average Bonchev–Trinajstić information content (AvgIpc) is 3.16. The molecule has 1 aliphatic rings. The van der Waals surface area contributed by atoms with Gasteiger partial charge in [-0.3, -0.25) is 4.79 Å². The topological polar surface area (TPSA) is 149 Å². The summed E-state index contributed by atoms with van der Waals surface area (Å²) in [5.41, 5.74) is 0. The minimum absolute atomic E-state index is 0.192. The minimum atomic E-state index is -1.57. The first-order valence-electron chi connectivity index (χ1n) is 21.7. The first-order chi connectivity index (χ1) is 25.8. The van der Waals surface area contributed by atoms with Crippen molar-refractivity contribution in [1.82, 2.24) is 5.32 Å². The van der Waals surface area contributed by atoms with Crippen LogP contribution in [0.3, 0.4) is 0 Å². The van der Waals surface area contributed by atoms with Crippen LogP contribution in [-0.2, 0) is 14.3 Å². The summed E-state index contributed by atoms with van der Waals surface area (Å²) >= 11 is 0. The maximum atomic E-state index is 12.9. The highest BCUT2D eigenvalue weighted by atomic mass is 16.7. The van der Waals surface area contributed by atoms with Gasteiger partial charge in [0.1, 0.15) is 24.4 Å². The molecule has 6 N–H and O–H groups in total. The zero-order chi connectivity index (χ0) is 38.8. The number of amides is 1. The summed E-state index contributed by atoms with van der Waals surface area (Å²) in [7, 11) is 0. The molecule has 0 aromatic carbocycles. The molecule has 0 aromatic heterocycles. The number of rotatable bonds is 35. The molecule has 9 nitrogen and oxygen atoms in total.